The van der Waals surface area contributed by atoms with Gasteiger partial charge in [0.2, 0.25) is 0 Å². The van der Waals surface area contributed by atoms with E-state index in [1.165, 1.54) is 143 Å². The van der Waals surface area contributed by atoms with Gasteiger partial charge in [-0.05, 0) is 191 Å². The molecular formula is C67H79BN2. The summed E-state index contributed by atoms with van der Waals surface area (Å²) in [5.41, 5.74) is 29.9. The van der Waals surface area contributed by atoms with Crippen molar-refractivity contribution in [1.29, 1.82) is 0 Å². The van der Waals surface area contributed by atoms with Crippen molar-refractivity contribution in [2.45, 2.75) is 200 Å². The van der Waals surface area contributed by atoms with Crippen LogP contribution < -0.4 is 26.2 Å². The lowest BCUT2D eigenvalue weighted by Gasteiger charge is -2.49. The van der Waals surface area contributed by atoms with Crippen LogP contribution in [0.5, 0.6) is 0 Å². The van der Waals surface area contributed by atoms with E-state index in [1.54, 1.807) is 0 Å². The fourth-order valence-electron chi connectivity index (χ4n) is 15.3. The summed E-state index contributed by atoms with van der Waals surface area (Å²) >= 11 is 0. The van der Waals surface area contributed by atoms with Gasteiger partial charge in [0.05, 0.1) is 5.69 Å². The molecule has 0 fully saturated rings. The summed E-state index contributed by atoms with van der Waals surface area (Å²) in [7, 11) is 0. The average Bonchev–Trinajstić information content (AvgIpc) is 3.62. The number of benzene rings is 6. The van der Waals surface area contributed by atoms with E-state index in [4.69, 9.17) is 0 Å². The van der Waals surface area contributed by atoms with E-state index >= 15 is 0 Å². The van der Waals surface area contributed by atoms with Gasteiger partial charge in [0.25, 0.3) is 6.71 Å². The molecule has 0 saturated heterocycles. The summed E-state index contributed by atoms with van der Waals surface area (Å²) in [4.78, 5) is 5.57. The van der Waals surface area contributed by atoms with Crippen molar-refractivity contribution < 1.29 is 0 Å². The fourth-order valence-corrected chi connectivity index (χ4v) is 15.3. The van der Waals surface area contributed by atoms with E-state index < -0.39 is 0 Å². The van der Waals surface area contributed by atoms with Crippen molar-refractivity contribution in [3.05, 3.63) is 147 Å². The number of hydrogen-bond donors (Lipinski definition) is 0. The highest BCUT2D eigenvalue weighted by atomic mass is 15.2. The average molecular weight is 923 g/mol. The Hall–Kier alpha value is -5.02. The van der Waals surface area contributed by atoms with Crippen LogP contribution in [-0.2, 0) is 43.3 Å². The van der Waals surface area contributed by atoms with Crippen LogP contribution in [0.2, 0.25) is 0 Å². The number of hydrogen-bond acceptors (Lipinski definition) is 2. The minimum Gasteiger partial charge on any atom is -0.311 e. The molecule has 0 amide bonds. The first-order valence-electron chi connectivity index (χ1n) is 27.0. The molecule has 0 spiro atoms. The molecule has 0 bridgehead atoms. The van der Waals surface area contributed by atoms with Crippen molar-refractivity contribution in [3.63, 3.8) is 0 Å². The van der Waals surface area contributed by atoms with Gasteiger partial charge in [-0.2, -0.15) is 0 Å². The van der Waals surface area contributed by atoms with Crippen LogP contribution >= 0.6 is 0 Å². The molecule has 2 nitrogen and oxygen atoms in total. The van der Waals surface area contributed by atoms with Crippen molar-refractivity contribution in [1.82, 2.24) is 0 Å². The lowest BCUT2D eigenvalue weighted by molar-refractivity contribution is 0.332. The summed E-state index contributed by atoms with van der Waals surface area (Å²) in [6.45, 7) is 44.6. The van der Waals surface area contributed by atoms with Gasteiger partial charge in [0.1, 0.15) is 0 Å². The quantitative estimate of drug-likeness (QED) is 0.159. The molecule has 0 N–H and O–H groups in total. The summed E-state index contributed by atoms with van der Waals surface area (Å²) < 4.78 is 0. The van der Waals surface area contributed by atoms with Crippen LogP contribution in [0.1, 0.15) is 205 Å². The number of fused-ring (bicyclic) bond motifs is 10. The molecule has 2 aliphatic heterocycles. The van der Waals surface area contributed by atoms with Crippen LogP contribution in [0.4, 0.5) is 34.1 Å². The zero-order chi connectivity index (χ0) is 50.0. The molecule has 3 heteroatoms. The van der Waals surface area contributed by atoms with E-state index in [2.05, 4.69) is 225 Å². The summed E-state index contributed by atoms with van der Waals surface area (Å²) in [6, 6.07) is 37.9. The van der Waals surface area contributed by atoms with Gasteiger partial charge in [-0.25, -0.2) is 0 Å². The second kappa shape index (κ2) is 13.9. The Bertz CT molecular complexity index is 3290. The minimum atomic E-state index is -0.124. The molecular weight excluding hydrogens is 844 g/mol. The van der Waals surface area contributed by atoms with Crippen LogP contribution in [0.3, 0.4) is 0 Å². The topological polar surface area (TPSA) is 6.48 Å². The Balaban J connectivity index is 1.27. The highest BCUT2D eigenvalue weighted by Crippen LogP contribution is 2.59. The highest BCUT2D eigenvalue weighted by Gasteiger charge is 2.51. The van der Waals surface area contributed by atoms with Gasteiger partial charge >= 0.3 is 0 Å². The highest BCUT2D eigenvalue weighted by molar-refractivity contribution is 7.00. The molecule has 0 unspecified atom stereocenters. The Kier molecular flexibility index (Phi) is 9.17. The lowest BCUT2D eigenvalue weighted by Crippen LogP contribution is -2.62. The molecule has 0 saturated carbocycles. The van der Waals surface area contributed by atoms with Crippen LogP contribution in [0.25, 0.3) is 11.1 Å². The first-order valence-corrected chi connectivity index (χ1v) is 27.0. The van der Waals surface area contributed by atoms with Crippen LogP contribution in [0.15, 0.2) is 91.0 Å². The molecule has 2 heterocycles. The molecule has 0 aromatic heterocycles. The molecule has 70 heavy (non-hydrogen) atoms. The van der Waals surface area contributed by atoms with E-state index in [9.17, 15) is 0 Å². The SMILES string of the molecule is Cc1cc2c(cc1N1c3cc4c(cc3B3c5cc6c(cc5N(c5cccc7c5-c5ccccc5C7(C)C)c5cc(C(C)(C)C)cc1c53)C(C)(C)CCC6(C)C)C(C)(C)CC4(C)C)C(C)(C)CCC2(C)C. The third-order valence-corrected chi connectivity index (χ3v) is 19.6. The molecule has 0 radical (unpaired) electrons. The van der Waals surface area contributed by atoms with Crippen LogP contribution in [-0.4, -0.2) is 6.71 Å². The summed E-state index contributed by atoms with van der Waals surface area (Å²) in [5.74, 6) is 0. The van der Waals surface area contributed by atoms with E-state index in [0.29, 0.717) is 0 Å². The van der Waals surface area contributed by atoms with Crippen molar-refractivity contribution in [2.75, 3.05) is 9.80 Å². The third-order valence-electron chi connectivity index (χ3n) is 19.6. The van der Waals surface area contributed by atoms with E-state index in [1.807, 2.05) is 0 Å². The van der Waals surface area contributed by atoms with Gasteiger partial charge in [-0.3, -0.25) is 0 Å². The Morgan fingerprint density at radius 1 is 0.414 bits per heavy atom. The zero-order valence-electron chi connectivity index (χ0n) is 46.2. The van der Waals surface area contributed by atoms with Gasteiger partial charge < -0.3 is 9.80 Å². The Labute approximate surface area is 422 Å². The molecule has 6 aromatic carbocycles. The second-order valence-corrected chi connectivity index (χ2v) is 28.7. The normalized spacial score (nSPS) is 21.4. The van der Waals surface area contributed by atoms with Crippen LogP contribution in [0, 0.1) is 6.92 Å². The maximum atomic E-state index is 2.79. The first kappa shape index (κ1) is 46.1. The fraction of sp³-hybridized carbons (Fsp3) is 0.463. The summed E-state index contributed by atoms with van der Waals surface area (Å²) in [6.07, 6.45) is 5.88. The zero-order valence-corrected chi connectivity index (χ0v) is 46.2. The molecule has 12 rings (SSSR count). The minimum absolute atomic E-state index is 0.0428. The largest absolute Gasteiger partial charge is 0.311 e. The van der Waals surface area contributed by atoms with Gasteiger partial charge in [0, 0.05) is 39.4 Å². The maximum absolute atomic E-state index is 2.79. The maximum Gasteiger partial charge on any atom is 0.252 e. The van der Waals surface area contributed by atoms with Crippen molar-refractivity contribution >= 4 is 57.2 Å². The molecule has 0 atom stereocenters. The van der Waals surface area contributed by atoms with Crippen molar-refractivity contribution in [3.8, 4) is 11.1 Å². The number of nitrogens with zero attached hydrogens (tertiary/aromatic N) is 2. The molecule has 6 aromatic rings. The van der Waals surface area contributed by atoms with Gasteiger partial charge in [-0.15, -0.1) is 0 Å². The second-order valence-electron chi connectivity index (χ2n) is 28.7. The molecule has 4 aliphatic carbocycles. The van der Waals surface area contributed by atoms with E-state index in [0.717, 1.165) is 6.42 Å². The van der Waals surface area contributed by atoms with Crippen molar-refractivity contribution in [2.24, 2.45) is 0 Å². The molecule has 6 aliphatic rings. The standard InChI is InChI=1S/C67H79BN2/c1-39-30-44-47(63(9,10)28-26-61(44,5)6)35-53(39)70-55-37-49-46(65(13,14)38-66(49,15)16)34-51(55)68-50-33-45-48(64(11,12)29-27-62(45,7)8)36-54(50)69(56-31-40(60(2,3)4)32-57(70)59(56)68)52-25-21-24-43-58(52)41-22-19-20-23-42(41)67(43,17)18/h19-25,30-37H,26-29,38H2,1-18H3. The van der Waals surface area contributed by atoms with Gasteiger partial charge in [0.15, 0.2) is 0 Å². The monoisotopic (exact) mass is 923 g/mol. The number of anilines is 6. The molecule has 360 valence electrons. The predicted octanol–water partition coefficient (Wildman–Crippen LogP) is 16.3. The smallest absolute Gasteiger partial charge is 0.252 e. The Morgan fingerprint density at radius 3 is 1.37 bits per heavy atom. The van der Waals surface area contributed by atoms with Gasteiger partial charge in [-0.1, -0.05) is 172 Å². The number of aryl methyl sites for hydroxylation is 1. The number of rotatable bonds is 2. The Morgan fingerprint density at radius 2 is 0.843 bits per heavy atom. The first-order chi connectivity index (χ1) is 32.5. The third kappa shape index (κ3) is 6.17. The summed E-state index contributed by atoms with van der Waals surface area (Å²) in [5, 5.41) is 0. The predicted molar refractivity (Wildman–Crippen MR) is 303 cm³/mol. The van der Waals surface area contributed by atoms with E-state index in [-0.39, 0.29) is 50.0 Å². The lowest BCUT2D eigenvalue weighted by atomic mass is 9.32.